The fourth-order valence-corrected chi connectivity index (χ4v) is 4.42. The van der Waals surface area contributed by atoms with Crippen molar-refractivity contribution >= 4 is 45.0 Å². The summed E-state index contributed by atoms with van der Waals surface area (Å²) in [5.74, 6) is 1.70. The van der Waals surface area contributed by atoms with Gasteiger partial charge in [-0.2, -0.15) is 0 Å². The highest BCUT2D eigenvalue weighted by molar-refractivity contribution is 6.31. The zero-order valence-corrected chi connectivity index (χ0v) is 18.9. The summed E-state index contributed by atoms with van der Waals surface area (Å²) in [6.07, 6.45) is 2.33. The quantitative estimate of drug-likeness (QED) is 0.439. The normalized spacial score (nSPS) is 15.0. The predicted octanol–water partition coefficient (Wildman–Crippen LogP) is 4.27. The largest absolute Gasteiger partial charge is 0.309 e. The van der Waals surface area contributed by atoms with Crippen LogP contribution in [-0.4, -0.2) is 30.9 Å². The summed E-state index contributed by atoms with van der Waals surface area (Å²) < 4.78 is 0. The number of benzene rings is 2. The van der Waals surface area contributed by atoms with E-state index in [1.54, 1.807) is 36.4 Å². The van der Waals surface area contributed by atoms with Crippen LogP contribution in [0, 0.1) is 5.92 Å². The van der Waals surface area contributed by atoms with Crippen molar-refractivity contribution in [3.05, 3.63) is 78.8 Å². The summed E-state index contributed by atoms with van der Waals surface area (Å²) in [4.78, 5) is 42.4. The number of aromatic amines is 2. The van der Waals surface area contributed by atoms with Gasteiger partial charge in [-0.15, -0.1) is 0 Å². The van der Waals surface area contributed by atoms with Crippen molar-refractivity contribution in [2.75, 3.05) is 0 Å². The Hall–Kier alpha value is -2.74. The third-order valence-electron chi connectivity index (χ3n) is 6.02. The third kappa shape index (κ3) is 4.28. The van der Waals surface area contributed by atoms with Crippen LogP contribution in [0.2, 0.25) is 10.0 Å². The van der Waals surface area contributed by atoms with E-state index in [0.717, 1.165) is 12.8 Å². The molecule has 1 fully saturated rings. The lowest BCUT2D eigenvalue weighted by Crippen LogP contribution is -2.36. The standard InChI is InChI=1S/C23H21Cl2N5O2/c1-12(13-2-3-13)30(10-20-26-18-6-4-14(24)8-16(18)22(31)28-20)11-21-27-19-7-5-15(25)9-17(19)23(32)29-21/h4-9,12-13H,2-3,10-11H2,1H3,(H,26,28,31)(H,27,29,32). The minimum atomic E-state index is -0.222. The van der Waals surface area contributed by atoms with E-state index in [2.05, 4.69) is 31.8 Å². The minimum absolute atomic E-state index is 0.222. The first-order chi connectivity index (χ1) is 15.4. The van der Waals surface area contributed by atoms with Crippen LogP contribution in [0.1, 0.15) is 31.4 Å². The second-order valence-corrected chi connectivity index (χ2v) is 9.20. The van der Waals surface area contributed by atoms with Crippen LogP contribution in [0.15, 0.2) is 46.0 Å². The van der Waals surface area contributed by atoms with E-state index in [1.165, 1.54) is 0 Å². The van der Waals surface area contributed by atoms with Crippen molar-refractivity contribution in [3.63, 3.8) is 0 Å². The Bertz CT molecular complexity index is 1340. The molecule has 0 amide bonds. The van der Waals surface area contributed by atoms with Crippen LogP contribution < -0.4 is 11.1 Å². The molecule has 1 atom stereocenters. The molecule has 0 bridgehead atoms. The Morgan fingerprint density at radius 1 is 0.906 bits per heavy atom. The van der Waals surface area contributed by atoms with Gasteiger partial charge in [-0.1, -0.05) is 23.2 Å². The fourth-order valence-electron chi connectivity index (χ4n) is 4.07. The molecule has 9 heteroatoms. The molecule has 164 valence electrons. The molecule has 1 aliphatic rings. The highest BCUT2D eigenvalue weighted by Gasteiger charge is 2.32. The highest BCUT2D eigenvalue weighted by atomic mass is 35.5. The molecule has 1 saturated carbocycles. The van der Waals surface area contributed by atoms with Crippen LogP contribution in [0.5, 0.6) is 0 Å². The molecule has 1 unspecified atom stereocenters. The summed E-state index contributed by atoms with van der Waals surface area (Å²) in [7, 11) is 0. The first kappa shape index (κ1) is 21.1. The summed E-state index contributed by atoms with van der Waals surface area (Å²) in [5.41, 5.74) is 0.754. The second-order valence-electron chi connectivity index (χ2n) is 8.33. The van der Waals surface area contributed by atoms with E-state index >= 15 is 0 Å². The molecule has 5 rings (SSSR count). The Balaban J connectivity index is 1.49. The van der Waals surface area contributed by atoms with Crippen LogP contribution in [0.3, 0.4) is 0 Å². The van der Waals surface area contributed by atoms with Gasteiger partial charge in [-0.3, -0.25) is 14.5 Å². The smallest absolute Gasteiger partial charge is 0.258 e. The molecule has 7 nitrogen and oxygen atoms in total. The van der Waals surface area contributed by atoms with Gasteiger partial charge < -0.3 is 9.97 Å². The second kappa shape index (κ2) is 8.31. The van der Waals surface area contributed by atoms with Gasteiger partial charge in [0.15, 0.2) is 0 Å². The molecule has 2 heterocycles. The number of rotatable bonds is 6. The molecule has 2 N–H and O–H groups in total. The van der Waals surface area contributed by atoms with Gasteiger partial charge >= 0.3 is 0 Å². The van der Waals surface area contributed by atoms with Crippen molar-refractivity contribution in [2.45, 2.75) is 38.9 Å². The minimum Gasteiger partial charge on any atom is -0.309 e. The van der Waals surface area contributed by atoms with E-state index in [9.17, 15) is 9.59 Å². The first-order valence-corrected chi connectivity index (χ1v) is 11.2. The van der Waals surface area contributed by atoms with Crippen molar-refractivity contribution in [3.8, 4) is 0 Å². The van der Waals surface area contributed by atoms with Gasteiger partial charge in [-0.05, 0) is 62.1 Å². The molecule has 2 aromatic heterocycles. The van der Waals surface area contributed by atoms with E-state index < -0.39 is 0 Å². The number of H-pyrrole nitrogens is 2. The van der Waals surface area contributed by atoms with Crippen LogP contribution in [0.4, 0.5) is 0 Å². The SMILES string of the molecule is CC(C1CC1)N(Cc1nc2ccc(Cl)cc2c(=O)[nH]1)Cc1nc2ccc(Cl)cc2c(=O)[nH]1. The lowest BCUT2D eigenvalue weighted by atomic mass is 10.1. The average molecular weight is 470 g/mol. The van der Waals surface area contributed by atoms with Gasteiger partial charge in [0.05, 0.1) is 34.9 Å². The molecule has 32 heavy (non-hydrogen) atoms. The van der Waals surface area contributed by atoms with Gasteiger partial charge in [0.2, 0.25) is 0 Å². The van der Waals surface area contributed by atoms with Gasteiger partial charge in [-0.25, -0.2) is 9.97 Å². The summed E-state index contributed by atoms with van der Waals surface area (Å²) >= 11 is 12.0. The number of nitrogens with one attached hydrogen (secondary N) is 2. The summed E-state index contributed by atoms with van der Waals surface area (Å²) in [6, 6.07) is 10.4. The van der Waals surface area contributed by atoms with Crippen molar-refractivity contribution in [2.24, 2.45) is 5.92 Å². The Morgan fingerprint density at radius 2 is 1.38 bits per heavy atom. The maximum Gasteiger partial charge on any atom is 0.258 e. The molecule has 1 aliphatic carbocycles. The van der Waals surface area contributed by atoms with Gasteiger partial charge in [0.25, 0.3) is 11.1 Å². The molecule has 2 aromatic carbocycles. The fraction of sp³-hybridized carbons (Fsp3) is 0.304. The Kier molecular flexibility index (Phi) is 5.49. The lowest BCUT2D eigenvalue weighted by Gasteiger charge is -2.28. The molecule has 0 spiro atoms. The highest BCUT2D eigenvalue weighted by Crippen LogP contribution is 2.36. The van der Waals surface area contributed by atoms with Crippen molar-refractivity contribution in [1.82, 2.24) is 24.8 Å². The van der Waals surface area contributed by atoms with Crippen LogP contribution in [-0.2, 0) is 13.1 Å². The van der Waals surface area contributed by atoms with Crippen molar-refractivity contribution < 1.29 is 0 Å². The Morgan fingerprint density at radius 3 is 1.81 bits per heavy atom. The zero-order valence-electron chi connectivity index (χ0n) is 17.4. The topological polar surface area (TPSA) is 94.7 Å². The molecule has 4 aromatic rings. The molecular formula is C23H21Cl2N5O2. The monoisotopic (exact) mass is 469 g/mol. The number of halogens is 2. The first-order valence-electron chi connectivity index (χ1n) is 10.5. The molecule has 0 saturated heterocycles. The van der Waals surface area contributed by atoms with Crippen LogP contribution in [0.25, 0.3) is 21.8 Å². The number of fused-ring (bicyclic) bond motifs is 2. The van der Waals surface area contributed by atoms with Crippen molar-refractivity contribution in [1.29, 1.82) is 0 Å². The average Bonchev–Trinajstić information content (AvgIpc) is 3.59. The molecule has 0 radical (unpaired) electrons. The lowest BCUT2D eigenvalue weighted by molar-refractivity contribution is 0.163. The van der Waals surface area contributed by atoms with E-state index in [0.29, 0.717) is 62.5 Å². The van der Waals surface area contributed by atoms with Gasteiger partial charge in [0.1, 0.15) is 11.6 Å². The number of nitrogens with zero attached hydrogens (tertiary/aromatic N) is 3. The number of aromatic nitrogens is 4. The van der Waals surface area contributed by atoms with Crippen LogP contribution >= 0.6 is 23.2 Å². The van der Waals surface area contributed by atoms with E-state index in [-0.39, 0.29) is 17.2 Å². The summed E-state index contributed by atoms with van der Waals surface area (Å²) in [6.45, 7) is 3.01. The number of hydrogen-bond acceptors (Lipinski definition) is 5. The summed E-state index contributed by atoms with van der Waals surface area (Å²) in [5, 5.41) is 1.91. The molecular weight excluding hydrogens is 449 g/mol. The third-order valence-corrected chi connectivity index (χ3v) is 6.49. The maximum atomic E-state index is 12.6. The van der Waals surface area contributed by atoms with E-state index in [4.69, 9.17) is 23.2 Å². The van der Waals surface area contributed by atoms with Gasteiger partial charge in [0, 0.05) is 16.1 Å². The Labute approximate surface area is 193 Å². The molecule has 0 aliphatic heterocycles. The maximum absolute atomic E-state index is 12.6. The zero-order chi connectivity index (χ0) is 22.4. The predicted molar refractivity (Wildman–Crippen MR) is 126 cm³/mol. The van der Waals surface area contributed by atoms with E-state index in [1.807, 2.05) is 0 Å². The number of hydrogen-bond donors (Lipinski definition) is 2.